The van der Waals surface area contributed by atoms with Crippen molar-refractivity contribution in [1.29, 1.82) is 0 Å². The van der Waals surface area contributed by atoms with E-state index >= 15 is 0 Å². The number of hydrogen-bond donors (Lipinski definition) is 2. The summed E-state index contributed by atoms with van der Waals surface area (Å²) in [5.41, 5.74) is 0.405. The normalized spacial score (nSPS) is 17.6. The van der Waals surface area contributed by atoms with Gasteiger partial charge in [0.2, 0.25) is 0 Å². The maximum Gasteiger partial charge on any atom is 0.494 e. The zero-order valence-electron chi connectivity index (χ0n) is 25.6. The third-order valence-electron chi connectivity index (χ3n) is 7.33. The number of carbonyl (C=O) groups excluding carboxylic acids is 3. The number of Topliss-reactive ketones (excluding diaryl/α,β-unsaturated/α-hetero) is 1. The summed E-state index contributed by atoms with van der Waals surface area (Å²) < 4.78 is 22.6. The molecule has 1 aliphatic rings. The molecular weight excluding hydrogens is 511 g/mol. The highest BCUT2D eigenvalue weighted by Gasteiger charge is 2.51. The van der Waals surface area contributed by atoms with Crippen molar-refractivity contribution < 1.29 is 33.2 Å². The van der Waals surface area contributed by atoms with Crippen molar-refractivity contribution in [3.8, 4) is 0 Å². The molecule has 0 unspecified atom stereocenters. The number of alkyl carbamates (subject to hydrolysis) is 1. The predicted octanol–water partition coefficient (Wildman–Crippen LogP) is 3.87. The van der Waals surface area contributed by atoms with Crippen molar-refractivity contribution in [1.82, 2.24) is 10.6 Å². The van der Waals surface area contributed by atoms with Gasteiger partial charge in [-0.05, 0) is 91.4 Å². The fourth-order valence-corrected chi connectivity index (χ4v) is 4.32. The number of methoxy groups -OCH3 is 1. The quantitative estimate of drug-likeness (QED) is 0.163. The summed E-state index contributed by atoms with van der Waals surface area (Å²) in [5.74, 6) is -0.577. The molecule has 0 aromatic heterocycles. The summed E-state index contributed by atoms with van der Waals surface area (Å²) in [6.07, 6.45) is 1.96. The van der Waals surface area contributed by atoms with Gasteiger partial charge < -0.3 is 29.4 Å². The molecule has 40 heavy (non-hydrogen) atoms. The van der Waals surface area contributed by atoms with Crippen LogP contribution in [0, 0.1) is 0 Å². The molecule has 1 fully saturated rings. The second-order valence-electron chi connectivity index (χ2n) is 12.3. The van der Waals surface area contributed by atoms with Crippen LogP contribution in [-0.2, 0) is 34.8 Å². The van der Waals surface area contributed by atoms with E-state index in [1.165, 1.54) is 7.11 Å². The first kappa shape index (κ1) is 33.5. The van der Waals surface area contributed by atoms with Gasteiger partial charge in [0.1, 0.15) is 11.6 Å². The number of carbonyl (C=O) groups is 3. The average Bonchev–Trinajstić information content (AvgIpc) is 3.08. The van der Waals surface area contributed by atoms with Crippen molar-refractivity contribution in [3.05, 3.63) is 42.0 Å². The Morgan fingerprint density at radius 2 is 1.68 bits per heavy atom. The lowest BCUT2D eigenvalue weighted by molar-refractivity contribution is -0.143. The first-order valence-corrected chi connectivity index (χ1v) is 13.9. The third kappa shape index (κ3) is 9.46. The summed E-state index contributed by atoms with van der Waals surface area (Å²) >= 11 is 0. The molecule has 0 aliphatic carbocycles. The molecule has 0 bridgehead atoms. The number of nitrogens with one attached hydrogen (secondary N) is 2. The Kier molecular flexibility index (Phi) is 11.6. The molecule has 2 atom stereocenters. The fraction of sp³-hybridized carbons (Fsp3) is 0.633. The molecule has 1 aliphatic heterocycles. The van der Waals surface area contributed by atoms with Gasteiger partial charge in [-0.2, -0.15) is 0 Å². The topological polar surface area (TPSA) is 112 Å². The summed E-state index contributed by atoms with van der Waals surface area (Å²) in [6.45, 7) is 17.3. The molecule has 2 rings (SSSR count). The van der Waals surface area contributed by atoms with Gasteiger partial charge in [0, 0.05) is 6.42 Å². The van der Waals surface area contributed by atoms with Gasteiger partial charge >= 0.3 is 19.2 Å². The first-order chi connectivity index (χ1) is 18.5. The molecule has 2 N–H and O–H groups in total. The van der Waals surface area contributed by atoms with E-state index in [2.05, 4.69) is 17.2 Å². The molecule has 0 radical (unpaired) electrons. The number of ether oxygens (including phenoxy) is 2. The van der Waals surface area contributed by atoms with E-state index in [9.17, 15) is 14.4 Å². The summed E-state index contributed by atoms with van der Waals surface area (Å²) in [7, 11) is 2.52. The van der Waals surface area contributed by atoms with E-state index in [0.717, 1.165) is 11.0 Å². The number of amides is 1. The molecule has 10 heteroatoms. The van der Waals surface area contributed by atoms with Crippen molar-refractivity contribution in [3.63, 3.8) is 0 Å². The Labute approximate surface area is 239 Å². The van der Waals surface area contributed by atoms with Crippen LogP contribution >= 0.6 is 0 Å². The second kappa shape index (κ2) is 13.8. The van der Waals surface area contributed by atoms with E-state index in [0.29, 0.717) is 31.3 Å². The van der Waals surface area contributed by atoms with Crippen LogP contribution in [0.5, 0.6) is 0 Å². The van der Waals surface area contributed by atoms with E-state index in [1.807, 2.05) is 52.0 Å². The largest absolute Gasteiger partial charge is 0.494 e. The van der Waals surface area contributed by atoms with Crippen molar-refractivity contribution >= 4 is 30.4 Å². The van der Waals surface area contributed by atoms with Crippen molar-refractivity contribution in [2.24, 2.45) is 0 Å². The molecule has 0 saturated carbocycles. The summed E-state index contributed by atoms with van der Waals surface area (Å²) in [5, 5.41) is 5.69. The Morgan fingerprint density at radius 1 is 1.05 bits per heavy atom. The van der Waals surface area contributed by atoms with Gasteiger partial charge in [0.05, 0.1) is 24.4 Å². The van der Waals surface area contributed by atoms with Crippen molar-refractivity contribution in [2.75, 3.05) is 14.2 Å². The molecule has 1 amide bonds. The first-order valence-electron chi connectivity index (χ1n) is 13.9. The highest BCUT2D eigenvalue weighted by atomic mass is 16.7. The lowest BCUT2D eigenvalue weighted by Gasteiger charge is -2.32. The zero-order valence-corrected chi connectivity index (χ0v) is 25.6. The van der Waals surface area contributed by atoms with Crippen LogP contribution in [0.4, 0.5) is 4.79 Å². The van der Waals surface area contributed by atoms with Crippen LogP contribution < -0.4 is 16.1 Å². The summed E-state index contributed by atoms with van der Waals surface area (Å²) in [6, 6.07) is 6.39. The zero-order chi connectivity index (χ0) is 30.3. The lowest BCUT2D eigenvalue weighted by atomic mass is 9.78. The van der Waals surface area contributed by atoms with E-state index in [1.54, 1.807) is 27.8 Å². The van der Waals surface area contributed by atoms with E-state index in [-0.39, 0.29) is 18.2 Å². The van der Waals surface area contributed by atoms with Gasteiger partial charge in [-0.25, -0.2) is 4.79 Å². The number of esters is 1. The van der Waals surface area contributed by atoms with Crippen LogP contribution in [-0.4, -0.2) is 68.0 Å². The average molecular weight is 559 g/mol. The Bertz CT molecular complexity index is 1050. The number of rotatable bonds is 13. The third-order valence-corrected chi connectivity index (χ3v) is 7.33. The molecule has 0 spiro atoms. The van der Waals surface area contributed by atoms with Crippen LogP contribution in [0.2, 0.25) is 0 Å². The molecule has 1 aromatic rings. The molecule has 9 nitrogen and oxygen atoms in total. The van der Waals surface area contributed by atoms with Gasteiger partial charge in [-0.15, -0.1) is 0 Å². The van der Waals surface area contributed by atoms with Crippen LogP contribution in [0.15, 0.2) is 36.4 Å². The Morgan fingerprint density at radius 3 is 2.23 bits per heavy atom. The Balaban J connectivity index is 2.14. The molecule has 222 valence electrons. The minimum Gasteiger partial charge on any atom is -0.468 e. The van der Waals surface area contributed by atoms with E-state index < -0.39 is 42.1 Å². The number of benzene rings is 1. The smallest absolute Gasteiger partial charge is 0.468 e. The number of ketones is 1. The Hall–Kier alpha value is -2.69. The second-order valence-corrected chi connectivity index (χ2v) is 12.3. The molecule has 1 aromatic carbocycles. The van der Waals surface area contributed by atoms with Gasteiger partial charge in [0.25, 0.3) is 0 Å². The predicted molar refractivity (Wildman–Crippen MR) is 156 cm³/mol. The molecule has 1 saturated heterocycles. The summed E-state index contributed by atoms with van der Waals surface area (Å²) in [4.78, 5) is 37.9. The number of unbranched alkanes of at least 4 members (excludes halogenated alkanes) is 1. The number of likely N-dealkylation sites (N-methyl/N-ethyl adjacent to an activating group) is 1. The van der Waals surface area contributed by atoms with Crippen molar-refractivity contribution in [2.45, 2.75) is 109 Å². The van der Waals surface area contributed by atoms with E-state index in [4.69, 9.17) is 18.8 Å². The SMILES string of the molecule is C=C(CCCC[C@H](NC)C(=O)OC)C(=O)[C@H](Cc1cccc(B2OC(C)(C)C(C)(C)O2)c1)NC(=O)OC(C)(C)C. The fourth-order valence-electron chi connectivity index (χ4n) is 4.32. The minimum atomic E-state index is -0.865. The maximum atomic E-state index is 13.5. The standard InChI is InChI=1S/C30H47BN2O7/c1-20(14-11-12-17-23(32-9)26(35)37-10)25(34)24(33-27(36)38-28(2,3)4)19-21-15-13-16-22(18-21)31-39-29(5,6)30(7,8)40-31/h13,15-16,18,23-24,32H,1,11-12,14,17,19H2,2-10H3,(H,33,36)/t23-,24-/m0/s1. The monoisotopic (exact) mass is 558 g/mol. The van der Waals surface area contributed by atoms with Crippen LogP contribution in [0.25, 0.3) is 0 Å². The van der Waals surface area contributed by atoms with Crippen LogP contribution in [0.1, 0.15) is 79.7 Å². The highest BCUT2D eigenvalue weighted by molar-refractivity contribution is 6.62. The number of hydrogen-bond acceptors (Lipinski definition) is 8. The highest BCUT2D eigenvalue weighted by Crippen LogP contribution is 2.36. The van der Waals surface area contributed by atoms with Gasteiger partial charge in [-0.1, -0.05) is 37.3 Å². The lowest BCUT2D eigenvalue weighted by Crippen LogP contribution is -2.45. The molecule has 1 heterocycles. The maximum absolute atomic E-state index is 13.5. The molecular formula is C30H47BN2O7. The minimum absolute atomic E-state index is 0.245. The van der Waals surface area contributed by atoms with Gasteiger partial charge in [0.15, 0.2) is 5.78 Å². The van der Waals surface area contributed by atoms with Crippen LogP contribution in [0.3, 0.4) is 0 Å². The van der Waals surface area contributed by atoms with Gasteiger partial charge in [-0.3, -0.25) is 9.59 Å².